The van der Waals surface area contributed by atoms with Gasteiger partial charge >= 0.3 is 0 Å². The summed E-state index contributed by atoms with van der Waals surface area (Å²) in [7, 11) is 1.98. The lowest BCUT2D eigenvalue weighted by atomic mass is 10.00. The predicted molar refractivity (Wildman–Crippen MR) is 61.6 cm³/mol. The van der Waals surface area contributed by atoms with Crippen LogP contribution in [0.5, 0.6) is 0 Å². The minimum atomic E-state index is 0.763. The van der Waals surface area contributed by atoms with E-state index >= 15 is 0 Å². The first-order valence-corrected chi connectivity index (χ1v) is 6.29. The summed E-state index contributed by atoms with van der Waals surface area (Å²) < 4.78 is 1.88. The molecule has 0 radical (unpaired) electrons. The number of nitrogens with zero attached hydrogens (tertiary/aromatic N) is 2. The molecular weight excluding hydrogens is 240 g/mol. The largest absolute Gasteiger partial charge is 0.276 e. The average molecular weight is 257 g/mol. The van der Waals surface area contributed by atoms with Gasteiger partial charge in [0, 0.05) is 18.1 Å². The number of hydrogen-bond donors (Lipinski definition) is 0. The van der Waals surface area contributed by atoms with E-state index in [1.807, 2.05) is 17.9 Å². The van der Waals surface area contributed by atoms with Gasteiger partial charge < -0.3 is 0 Å². The lowest BCUT2D eigenvalue weighted by Gasteiger charge is -2.12. The lowest BCUT2D eigenvalue weighted by molar-refractivity contribution is 0.518. The summed E-state index contributed by atoms with van der Waals surface area (Å²) >= 11 is 3.76. The summed E-state index contributed by atoms with van der Waals surface area (Å²) in [5.74, 6) is 0.884. The molecule has 2 atom stereocenters. The molecule has 2 rings (SSSR count). The van der Waals surface area contributed by atoms with Crippen molar-refractivity contribution >= 4 is 15.9 Å². The predicted octanol–water partition coefficient (Wildman–Crippen LogP) is 2.92. The van der Waals surface area contributed by atoms with Crippen molar-refractivity contribution in [2.45, 2.75) is 36.9 Å². The molecule has 0 aliphatic heterocycles. The highest BCUT2D eigenvalue weighted by Gasteiger charge is 2.24. The van der Waals surface area contributed by atoms with Crippen molar-refractivity contribution in [1.29, 1.82) is 0 Å². The van der Waals surface area contributed by atoms with Gasteiger partial charge in [-0.1, -0.05) is 22.4 Å². The maximum absolute atomic E-state index is 4.19. The fourth-order valence-corrected chi connectivity index (χ4v) is 3.12. The van der Waals surface area contributed by atoms with Crippen molar-refractivity contribution < 1.29 is 0 Å². The Hall–Kier alpha value is -0.310. The molecule has 78 valence electrons. The second-order valence-corrected chi connectivity index (χ2v) is 5.44. The zero-order valence-corrected chi connectivity index (χ0v) is 10.2. The van der Waals surface area contributed by atoms with E-state index in [1.165, 1.54) is 37.7 Å². The van der Waals surface area contributed by atoms with E-state index in [1.54, 1.807) is 0 Å². The third-order valence-corrected chi connectivity index (χ3v) is 4.33. The molecule has 0 bridgehead atoms. The molecule has 2 nitrogen and oxygen atoms in total. The first kappa shape index (κ1) is 10.2. The molecule has 1 heterocycles. The van der Waals surface area contributed by atoms with E-state index < -0.39 is 0 Å². The number of alkyl halides is 1. The van der Waals surface area contributed by atoms with Crippen molar-refractivity contribution in [2.24, 2.45) is 13.0 Å². The Balaban J connectivity index is 1.82. The highest BCUT2D eigenvalue weighted by molar-refractivity contribution is 9.09. The Bertz CT molecular complexity index is 295. The first-order chi connectivity index (χ1) is 6.75. The smallest absolute Gasteiger partial charge is 0.0521 e. The summed E-state index contributed by atoms with van der Waals surface area (Å²) in [5, 5.41) is 4.19. The number of rotatable bonds is 3. The maximum Gasteiger partial charge on any atom is 0.0521 e. The van der Waals surface area contributed by atoms with E-state index in [0.29, 0.717) is 0 Å². The molecule has 0 aromatic carbocycles. The Labute approximate surface area is 93.8 Å². The SMILES string of the molecule is Cn1cc(CCC2CCCC2Br)cn1. The van der Waals surface area contributed by atoms with E-state index in [4.69, 9.17) is 0 Å². The van der Waals surface area contributed by atoms with Gasteiger partial charge in [-0.15, -0.1) is 0 Å². The standard InChI is InChI=1S/C11H17BrN2/c1-14-8-9(7-13-14)5-6-10-3-2-4-11(10)12/h7-8,10-11H,2-6H2,1H3. The molecule has 0 saturated heterocycles. The number of aromatic nitrogens is 2. The fourth-order valence-electron chi connectivity index (χ4n) is 2.27. The highest BCUT2D eigenvalue weighted by Crippen LogP contribution is 2.34. The summed E-state index contributed by atoms with van der Waals surface area (Å²) in [6.07, 6.45) is 10.8. The second-order valence-electron chi connectivity index (χ2n) is 4.27. The molecule has 0 amide bonds. The van der Waals surface area contributed by atoms with Crippen LogP contribution in [0.3, 0.4) is 0 Å². The zero-order chi connectivity index (χ0) is 9.97. The average Bonchev–Trinajstić information content (AvgIpc) is 2.72. The van der Waals surface area contributed by atoms with Crippen molar-refractivity contribution in [3.05, 3.63) is 18.0 Å². The van der Waals surface area contributed by atoms with E-state index in [9.17, 15) is 0 Å². The molecule has 1 aromatic rings. The van der Waals surface area contributed by atoms with Gasteiger partial charge in [-0.05, 0) is 37.2 Å². The number of hydrogen-bond acceptors (Lipinski definition) is 1. The summed E-state index contributed by atoms with van der Waals surface area (Å²) in [5.41, 5.74) is 1.37. The second kappa shape index (κ2) is 4.47. The third kappa shape index (κ3) is 2.38. The number of halogens is 1. The summed E-state index contributed by atoms with van der Waals surface area (Å²) in [6, 6.07) is 0. The van der Waals surface area contributed by atoms with Crippen LogP contribution in [-0.4, -0.2) is 14.6 Å². The van der Waals surface area contributed by atoms with Gasteiger partial charge in [0.05, 0.1) is 6.20 Å². The van der Waals surface area contributed by atoms with Crippen LogP contribution in [0, 0.1) is 5.92 Å². The minimum absolute atomic E-state index is 0.763. The molecule has 1 fully saturated rings. The minimum Gasteiger partial charge on any atom is -0.276 e. The van der Waals surface area contributed by atoms with Crippen molar-refractivity contribution in [3.8, 4) is 0 Å². The van der Waals surface area contributed by atoms with Crippen molar-refractivity contribution in [1.82, 2.24) is 9.78 Å². The highest BCUT2D eigenvalue weighted by atomic mass is 79.9. The third-order valence-electron chi connectivity index (χ3n) is 3.13. The molecule has 1 aliphatic carbocycles. The fraction of sp³-hybridized carbons (Fsp3) is 0.727. The van der Waals surface area contributed by atoms with Gasteiger partial charge in [0.2, 0.25) is 0 Å². The molecule has 14 heavy (non-hydrogen) atoms. The van der Waals surface area contributed by atoms with Gasteiger partial charge in [-0.2, -0.15) is 5.10 Å². The van der Waals surface area contributed by atoms with Crippen LogP contribution in [-0.2, 0) is 13.5 Å². The molecule has 2 unspecified atom stereocenters. The molecule has 3 heteroatoms. The molecule has 1 aromatic heterocycles. The van der Waals surface area contributed by atoms with Crippen molar-refractivity contribution in [3.63, 3.8) is 0 Å². The zero-order valence-electron chi connectivity index (χ0n) is 8.62. The monoisotopic (exact) mass is 256 g/mol. The molecular formula is C11H17BrN2. The molecule has 1 saturated carbocycles. The van der Waals surface area contributed by atoms with E-state index in [2.05, 4.69) is 27.2 Å². The Morgan fingerprint density at radius 2 is 2.43 bits per heavy atom. The van der Waals surface area contributed by atoms with E-state index in [0.717, 1.165) is 10.7 Å². The Morgan fingerprint density at radius 1 is 1.57 bits per heavy atom. The summed E-state index contributed by atoms with van der Waals surface area (Å²) in [4.78, 5) is 0.763. The summed E-state index contributed by atoms with van der Waals surface area (Å²) in [6.45, 7) is 0. The quantitative estimate of drug-likeness (QED) is 0.761. The van der Waals surface area contributed by atoms with E-state index in [-0.39, 0.29) is 0 Å². The van der Waals surface area contributed by atoms with Crippen LogP contribution >= 0.6 is 15.9 Å². The Kier molecular flexibility index (Phi) is 3.26. The van der Waals surface area contributed by atoms with Crippen LogP contribution in [0.4, 0.5) is 0 Å². The topological polar surface area (TPSA) is 17.8 Å². The Morgan fingerprint density at radius 3 is 3.00 bits per heavy atom. The van der Waals surface area contributed by atoms with Gasteiger partial charge in [0.1, 0.15) is 0 Å². The van der Waals surface area contributed by atoms with Crippen molar-refractivity contribution in [2.75, 3.05) is 0 Å². The first-order valence-electron chi connectivity index (χ1n) is 5.37. The molecule has 0 N–H and O–H groups in total. The maximum atomic E-state index is 4.19. The van der Waals surface area contributed by atoms with Crippen LogP contribution < -0.4 is 0 Å². The van der Waals surface area contributed by atoms with Gasteiger partial charge in [-0.3, -0.25) is 4.68 Å². The van der Waals surface area contributed by atoms with Crippen LogP contribution in [0.25, 0.3) is 0 Å². The van der Waals surface area contributed by atoms with Crippen LogP contribution in [0.1, 0.15) is 31.2 Å². The van der Waals surface area contributed by atoms with Crippen LogP contribution in [0.2, 0.25) is 0 Å². The molecule has 1 aliphatic rings. The molecule has 0 spiro atoms. The van der Waals surface area contributed by atoms with Gasteiger partial charge in [-0.25, -0.2) is 0 Å². The lowest BCUT2D eigenvalue weighted by Crippen LogP contribution is -2.07. The van der Waals surface area contributed by atoms with Crippen LogP contribution in [0.15, 0.2) is 12.4 Å². The van der Waals surface area contributed by atoms with Gasteiger partial charge in [0.15, 0.2) is 0 Å². The number of aryl methyl sites for hydroxylation is 2. The normalized spacial score (nSPS) is 27.0. The van der Waals surface area contributed by atoms with Gasteiger partial charge in [0.25, 0.3) is 0 Å².